The third kappa shape index (κ3) is 2.61. The van der Waals surface area contributed by atoms with Crippen LogP contribution in [0.3, 0.4) is 0 Å². The van der Waals surface area contributed by atoms with Gasteiger partial charge in [-0.3, -0.25) is 9.69 Å². The Morgan fingerprint density at radius 1 is 1.29 bits per heavy atom. The second kappa shape index (κ2) is 6.55. The first-order valence-corrected chi connectivity index (χ1v) is 8.60. The monoisotopic (exact) mass is 331 g/mol. The minimum atomic E-state index is -0.441. The van der Waals surface area contributed by atoms with Gasteiger partial charge in [-0.15, -0.1) is 0 Å². The number of esters is 2. The van der Waals surface area contributed by atoms with Gasteiger partial charge < -0.3 is 9.47 Å². The fourth-order valence-electron chi connectivity index (χ4n) is 4.59. The summed E-state index contributed by atoms with van der Waals surface area (Å²) < 4.78 is 10.9. The second-order valence-electron chi connectivity index (χ2n) is 6.81. The highest BCUT2D eigenvalue weighted by Gasteiger charge is 2.59. The molecular weight excluding hydrogens is 306 g/mol. The molecule has 1 aromatic rings. The molecule has 3 rings (SSSR count). The number of hydrogen-bond donors (Lipinski definition) is 0. The summed E-state index contributed by atoms with van der Waals surface area (Å²) in [6.07, 6.45) is 3.03. The lowest BCUT2D eigenvalue weighted by Crippen LogP contribution is -2.61. The summed E-state index contributed by atoms with van der Waals surface area (Å²) in [7, 11) is 3.48. The number of fused-ring (bicyclic) bond motifs is 2. The highest BCUT2D eigenvalue weighted by molar-refractivity contribution is 5.89. The molecule has 0 saturated carbocycles. The molecule has 1 aromatic carbocycles. The van der Waals surface area contributed by atoms with Crippen molar-refractivity contribution < 1.29 is 19.1 Å². The van der Waals surface area contributed by atoms with Crippen LogP contribution in [-0.4, -0.2) is 48.7 Å². The number of piperidine rings is 1. The molecule has 0 aliphatic carbocycles. The summed E-state index contributed by atoms with van der Waals surface area (Å²) in [5.74, 6) is -1.09. The normalized spacial score (nSPS) is 32.4. The predicted molar refractivity (Wildman–Crippen MR) is 89.6 cm³/mol. The van der Waals surface area contributed by atoms with Crippen molar-refractivity contribution in [2.24, 2.45) is 5.92 Å². The molecule has 0 spiro atoms. The van der Waals surface area contributed by atoms with Gasteiger partial charge in [-0.1, -0.05) is 25.1 Å². The van der Waals surface area contributed by atoms with E-state index in [0.29, 0.717) is 18.0 Å². The average Bonchev–Trinajstić information content (AvgIpc) is 2.82. The van der Waals surface area contributed by atoms with Crippen molar-refractivity contribution in [3.63, 3.8) is 0 Å². The summed E-state index contributed by atoms with van der Waals surface area (Å²) in [6.45, 7) is 2.09. The van der Waals surface area contributed by atoms with E-state index in [4.69, 9.17) is 9.47 Å². The number of rotatable bonds is 4. The van der Waals surface area contributed by atoms with E-state index < -0.39 is 12.0 Å². The van der Waals surface area contributed by atoms with Crippen LogP contribution in [0.5, 0.6) is 0 Å². The Labute approximate surface area is 142 Å². The van der Waals surface area contributed by atoms with Crippen LogP contribution in [-0.2, 0) is 14.3 Å². The van der Waals surface area contributed by atoms with E-state index >= 15 is 0 Å². The maximum atomic E-state index is 12.6. The topological polar surface area (TPSA) is 55.8 Å². The van der Waals surface area contributed by atoms with E-state index in [1.54, 1.807) is 24.3 Å². The molecule has 3 unspecified atom stereocenters. The van der Waals surface area contributed by atoms with Gasteiger partial charge in [-0.25, -0.2) is 4.79 Å². The lowest BCUT2D eigenvalue weighted by atomic mass is 9.74. The highest BCUT2D eigenvalue weighted by atomic mass is 16.6. The Bertz CT molecular complexity index is 617. The number of carbonyl (C=O) groups excluding carboxylic acids is 2. The Hall–Kier alpha value is -1.88. The second-order valence-corrected chi connectivity index (χ2v) is 6.81. The SMILES string of the molecule is CCC12CCC(C[C@H](OC(=O)c3ccccc3)C1C(=O)OC)N2C. The molecule has 2 aliphatic rings. The zero-order valence-corrected chi connectivity index (χ0v) is 14.5. The minimum absolute atomic E-state index is 0.280. The average molecular weight is 331 g/mol. The molecule has 0 amide bonds. The van der Waals surface area contributed by atoms with E-state index in [1.165, 1.54) is 7.11 Å². The van der Waals surface area contributed by atoms with Gasteiger partial charge in [0.2, 0.25) is 0 Å². The van der Waals surface area contributed by atoms with Crippen LogP contribution in [0.2, 0.25) is 0 Å². The van der Waals surface area contributed by atoms with Crippen molar-refractivity contribution >= 4 is 11.9 Å². The summed E-state index contributed by atoms with van der Waals surface area (Å²) in [5, 5.41) is 0. The zero-order valence-electron chi connectivity index (χ0n) is 14.5. The summed E-state index contributed by atoms with van der Waals surface area (Å²) in [4.78, 5) is 27.3. The molecule has 5 heteroatoms. The molecule has 5 nitrogen and oxygen atoms in total. The van der Waals surface area contributed by atoms with Crippen molar-refractivity contribution in [3.05, 3.63) is 35.9 Å². The van der Waals surface area contributed by atoms with Gasteiger partial charge >= 0.3 is 11.9 Å². The van der Waals surface area contributed by atoms with E-state index in [0.717, 1.165) is 19.3 Å². The van der Waals surface area contributed by atoms with Crippen molar-refractivity contribution in [1.29, 1.82) is 0 Å². The Morgan fingerprint density at radius 3 is 2.62 bits per heavy atom. The number of benzene rings is 1. The first-order chi connectivity index (χ1) is 11.5. The van der Waals surface area contributed by atoms with Crippen LogP contribution in [0.1, 0.15) is 43.0 Å². The maximum Gasteiger partial charge on any atom is 0.338 e. The molecule has 24 heavy (non-hydrogen) atoms. The molecule has 2 fully saturated rings. The smallest absolute Gasteiger partial charge is 0.338 e. The minimum Gasteiger partial charge on any atom is -0.469 e. The number of ether oxygens (including phenoxy) is 2. The quantitative estimate of drug-likeness (QED) is 0.794. The molecule has 130 valence electrons. The molecular formula is C19H25NO4. The lowest BCUT2D eigenvalue weighted by molar-refractivity contribution is -0.163. The fourth-order valence-corrected chi connectivity index (χ4v) is 4.59. The van der Waals surface area contributed by atoms with Crippen molar-refractivity contribution in [2.45, 2.75) is 50.3 Å². The Balaban J connectivity index is 1.89. The van der Waals surface area contributed by atoms with Gasteiger partial charge in [0.05, 0.1) is 12.7 Å². The van der Waals surface area contributed by atoms with Crippen LogP contribution in [0.4, 0.5) is 0 Å². The van der Waals surface area contributed by atoms with E-state index in [1.807, 2.05) is 6.07 Å². The van der Waals surface area contributed by atoms with Gasteiger partial charge in [0.25, 0.3) is 0 Å². The summed E-state index contributed by atoms with van der Waals surface area (Å²) in [5.41, 5.74) is 0.232. The van der Waals surface area contributed by atoms with Gasteiger partial charge in [-0.05, 0) is 38.4 Å². The van der Waals surface area contributed by atoms with E-state index in [-0.39, 0.29) is 17.5 Å². The van der Waals surface area contributed by atoms with Gasteiger partial charge in [0.1, 0.15) is 12.0 Å². The van der Waals surface area contributed by atoms with Crippen LogP contribution in [0.25, 0.3) is 0 Å². The maximum absolute atomic E-state index is 12.6. The molecule has 2 aliphatic heterocycles. The first kappa shape index (κ1) is 17.0. The summed E-state index contributed by atoms with van der Waals surface area (Å²) in [6, 6.07) is 9.28. The molecule has 0 aromatic heterocycles. The van der Waals surface area contributed by atoms with Crippen LogP contribution >= 0.6 is 0 Å². The molecule has 2 bridgehead atoms. The predicted octanol–water partition coefficient (Wildman–Crippen LogP) is 2.65. The molecule has 4 atom stereocenters. The molecule has 2 heterocycles. The summed E-state index contributed by atoms with van der Waals surface area (Å²) >= 11 is 0. The van der Waals surface area contributed by atoms with Crippen LogP contribution in [0.15, 0.2) is 30.3 Å². The number of methoxy groups -OCH3 is 1. The van der Waals surface area contributed by atoms with Crippen molar-refractivity contribution in [2.75, 3.05) is 14.2 Å². The largest absolute Gasteiger partial charge is 0.469 e. The zero-order chi connectivity index (χ0) is 17.3. The third-order valence-corrected chi connectivity index (χ3v) is 5.95. The number of carbonyl (C=O) groups is 2. The Morgan fingerprint density at radius 2 is 2.00 bits per heavy atom. The van der Waals surface area contributed by atoms with Crippen molar-refractivity contribution in [3.8, 4) is 0 Å². The molecule has 2 saturated heterocycles. The standard InChI is InChI=1S/C19H25NO4/c1-4-19-11-10-14(20(19)2)12-15(16(19)18(22)23-3)24-17(21)13-8-6-5-7-9-13/h5-9,14-16H,4,10-12H2,1-3H3/t14?,15-,16?,19?/m0/s1. The fraction of sp³-hybridized carbons (Fsp3) is 0.579. The van der Waals surface area contributed by atoms with E-state index in [9.17, 15) is 9.59 Å². The van der Waals surface area contributed by atoms with Crippen LogP contribution in [0, 0.1) is 5.92 Å². The third-order valence-electron chi connectivity index (χ3n) is 5.95. The van der Waals surface area contributed by atoms with Crippen molar-refractivity contribution in [1.82, 2.24) is 4.90 Å². The lowest BCUT2D eigenvalue weighted by Gasteiger charge is -2.49. The van der Waals surface area contributed by atoms with Gasteiger partial charge in [-0.2, -0.15) is 0 Å². The van der Waals surface area contributed by atoms with E-state index in [2.05, 4.69) is 18.9 Å². The van der Waals surface area contributed by atoms with Crippen LogP contribution < -0.4 is 0 Å². The van der Waals surface area contributed by atoms with Gasteiger partial charge in [0.15, 0.2) is 0 Å². The highest BCUT2D eigenvalue weighted by Crippen LogP contribution is 2.49. The first-order valence-electron chi connectivity index (χ1n) is 8.60. The Kier molecular flexibility index (Phi) is 4.63. The molecule has 0 radical (unpaired) electrons. The molecule has 0 N–H and O–H groups in total. The van der Waals surface area contributed by atoms with Gasteiger partial charge in [0, 0.05) is 18.0 Å². The number of hydrogen-bond acceptors (Lipinski definition) is 5. The number of nitrogens with zero attached hydrogens (tertiary/aromatic N) is 1.